The maximum atomic E-state index is 13.1. The summed E-state index contributed by atoms with van der Waals surface area (Å²) < 4.78 is 28.4. The molecule has 0 heterocycles. The van der Waals surface area contributed by atoms with Crippen LogP contribution in [0, 0.1) is 5.82 Å². The van der Waals surface area contributed by atoms with Crippen LogP contribution in [0.25, 0.3) is 0 Å². The molecule has 2 rings (SSSR count). The van der Waals surface area contributed by atoms with Crippen molar-refractivity contribution in [2.45, 2.75) is 6.42 Å². The van der Waals surface area contributed by atoms with Gasteiger partial charge in [0.15, 0.2) is 0 Å². The number of methoxy groups -OCH3 is 2. The SMILES string of the molecule is COC(=O)CCN(CCOc1ccc(OC)cc1)C(=O)c1ccc(F)cc1. The number of amides is 1. The van der Waals surface area contributed by atoms with Crippen LogP contribution in [0.1, 0.15) is 16.8 Å². The van der Waals surface area contributed by atoms with Crippen molar-refractivity contribution < 1.29 is 28.2 Å². The lowest BCUT2D eigenvalue weighted by atomic mass is 10.2. The molecule has 0 saturated carbocycles. The zero-order chi connectivity index (χ0) is 19.6. The minimum atomic E-state index is -0.421. The van der Waals surface area contributed by atoms with Crippen molar-refractivity contribution >= 4 is 11.9 Å². The van der Waals surface area contributed by atoms with Gasteiger partial charge in [0, 0.05) is 12.1 Å². The van der Waals surface area contributed by atoms with Crippen molar-refractivity contribution in [3.63, 3.8) is 0 Å². The van der Waals surface area contributed by atoms with E-state index in [1.807, 2.05) is 0 Å². The van der Waals surface area contributed by atoms with Gasteiger partial charge in [0.25, 0.3) is 5.91 Å². The second-order valence-electron chi connectivity index (χ2n) is 5.65. The average molecular weight is 375 g/mol. The zero-order valence-electron chi connectivity index (χ0n) is 15.3. The molecule has 27 heavy (non-hydrogen) atoms. The van der Waals surface area contributed by atoms with Crippen LogP contribution in [-0.4, -0.2) is 50.7 Å². The Labute approximate surface area is 157 Å². The highest BCUT2D eigenvalue weighted by Gasteiger charge is 2.17. The van der Waals surface area contributed by atoms with Crippen LogP contribution in [0.2, 0.25) is 0 Å². The van der Waals surface area contributed by atoms with Crippen LogP contribution in [0.15, 0.2) is 48.5 Å². The van der Waals surface area contributed by atoms with Crippen molar-refractivity contribution in [1.29, 1.82) is 0 Å². The summed E-state index contributed by atoms with van der Waals surface area (Å²) in [4.78, 5) is 25.6. The van der Waals surface area contributed by atoms with Crippen molar-refractivity contribution in [2.24, 2.45) is 0 Å². The molecule has 0 aliphatic heterocycles. The Balaban J connectivity index is 1.98. The lowest BCUT2D eigenvalue weighted by Crippen LogP contribution is -2.36. The smallest absolute Gasteiger partial charge is 0.307 e. The van der Waals surface area contributed by atoms with E-state index in [2.05, 4.69) is 4.74 Å². The summed E-state index contributed by atoms with van der Waals surface area (Å²) in [6, 6.07) is 12.3. The van der Waals surface area contributed by atoms with Crippen LogP contribution in [0.3, 0.4) is 0 Å². The second-order valence-corrected chi connectivity index (χ2v) is 5.65. The molecule has 2 aromatic rings. The molecule has 0 N–H and O–H groups in total. The van der Waals surface area contributed by atoms with Gasteiger partial charge in [0.1, 0.15) is 23.9 Å². The zero-order valence-corrected chi connectivity index (χ0v) is 15.3. The molecule has 144 valence electrons. The Morgan fingerprint density at radius 3 is 2.15 bits per heavy atom. The van der Waals surface area contributed by atoms with E-state index >= 15 is 0 Å². The van der Waals surface area contributed by atoms with Crippen molar-refractivity contribution in [3.8, 4) is 11.5 Å². The first-order valence-corrected chi connectivity index (χ1v) is 8.42. The van der Waals surface area contributed by atoms with Gasteiger partial charge in [-0.3, -0.25) is 9.59 Å². The minimum Gasteiger partial charge on any atom is -0.497 e. The van der Waals surface area contributed by atoms with E-state index in [9.17, 15) is 14.0 Å². The van der Waals surface area contributed by atoms with Crippen molar-refractivity contribution in [3.05, 3.63) is 59.9 Å². The molecule has 0 radical (unpaired) electrons. The van der Waals surface area contributed by atoms with E-state index in [0.717, 1.165) is 0 Å². The normalized spacial score (nSPS) is 10.2. The van der Waals surface area contributed by atoms with Gasteiger partial charge < -0.3 is 19.1 Å². The van der Waals surface area contributed by atoms with Crippen molar-refractivity contribution in [1.82, 2.24) is 4.90 Å². The molecule has 0 spiro atoms. The van der Waals surface area contributed by atoms with Crippen LogP contribution in [-0.2, 0) is 9.53 Å². The van der Waals surface area contributed by atoms with Gasteiger partial charge in [0.05, 0.1) is 27.2 Å². The van der Waals surface area contributed by atoms with Gasteiger partial charge in [-0.15, -0.1) is 0 Å². The van der Waals surface area contributed by atoms with Crippen LogP contribution >= 0.6 is 0 Å². The number of esters is 1. The molecule has 0 aromatic heterocycles. The van der Waals surface area contributed by atoms with Crippen LogP contribution in [0.4, 0.5) is 4.39 Å². The monoisotopic (exact) mass is 375 g/mol. The topological polar surface area (TPSA) is 65.1 Å². The van der Waals surface area contributed by atoms with Gasteiger partial charge in [0.2, 0.25) is 0 Å². The number of rotatable bonds is 9. The predicted molar refractivity (Wildman–Crippen MR) is 97.4 cm³/mol. The van der Waals surface area contributed by atoms with Gasteiger partial charge in [-0.05, 0) is 48.5 Å². The Morgan fingerprint density at radius 2 is 1.56 bits per heavy atom. The number of carbonyl (C=O) groups is 2. The molecule has 0 atom stereocenters. The Hall–Kier alpha value is -3.09. The molecular weight excluding hydrogens is 353 g/mol. The summed E-state index contributed by atoms with van der Waals surface area (Å²) in [7, 11) is 2.87. The highest BCUT2D eigenvalue weighted by atomic mass is 19.1. The van der Waals surface area contributed by atoms with E-state index in [1.54, 1.807) is 31.4 Å². The lowest BCUT2D eigenvalue weighted by molar-refractivity contribution is -0.140. The fraction of sp³-hybridized carbons (Fsp3) is 0.300. The number of halogens is 1. The molecule has 0 aliphatic rings. The van der Waals surface area contributed by atoms with E-state index in [1.165, 1.54) is 36.3 Å². The molecule has 0 bridgehead atoms. The largest absolute Gasteiger partial charge is 0.497 e. The maximum Gasteiger partial charge on any atom is 0.307 e. The van der Waals surface area contributed by atoms with Gasteiger partial charge in [-0.1, -0.05) is 0 Å². The van der Waals surface area contributed by atoms with E-state index in [-0.39, 0.29) is 32.0 Å². The third kappa shape index (κ3) is 6.29. The number of carbonyl (C=O) groups excluding carboxylic acids is 2. The van der Waals surface area contributed by atoms with E-state index in [0.29, 0.717) is 17.1 Å². The average Bonchev–Trinajstić information content (AvgIpc) is 2.70. The van der Waals surface area contributed by atoms with Crippen LogP contribution in [0.5, 0.6) is 11.5 Å². The summed E-state index contributed by atoms with van der Waals surface area (Å²) in [5.74, 6) is 0.210. The standard InChI is InChI=1S/C20H22FNO5/c1-25-17-7-9-18(10-8-17)27-14-13-22(12-11-19(23)26-2)20(24)15-3-5-16(21)6-4-15/h3-10H,11-14H2,1-2H3. The summed E-state index contributed by atoms with van der Waals surface area (Å²) >= 11 is 0. The second kappa shape index (κ2) is 10.2. The molecule has 0 unspecified atom stereocenters. The number of nitrogens with zero attached hydrogens (tertiary/aromatic N) is 1. The minimum absolute atomic E-state index is 0.0615. The molecule has 6 nitrogen and oxygen atoms in total. The Kier molecular flexibility index (Phi) is 7.61. The molecule has 1 amide bonds. The van der Waals surface area contributed by atoms with Gasteiger partial charge >= 0.3 is 5.97 Å². The summed E-state index contributed by atoms with van der Waals surface area (Å²) in [6.45, 7) is 0.675. The number of ether oxygens (including phenoxy) is 3. The molecule has 2 aromatic carbocycles. The molecule has 0 fully saturated rings. The van der Waals surface area contributed by atoms with Gasteiger partial charge in [-0.25, -0.2) is 4.39 Å². The van der Waals surface area contributed by atoms with Crippen LogP contribution < -0.4 is 9.47 Å². The molecule has 7 heteroatoms. The first-order valence-electron chi connectivity index (χ1n) is 8.42. The third-order valence-corrected chi connectivity index (χ3v) is 3.88. The fourth-order valence-corrected chi connectivity index (χ4v) is 2.36. The third-order valence-electron chi connectivity index (χ3n) is 3.88. The molecule has 0 aliphatic carbocycles. The van der Waals surface area contributed by atoms with E-state index < -0.39 is 11.8 Å². The fourth-order valence-electron chi connectivity index (χ4n) is 2.36. The first kappa shape index (κ1) is 20.2. The quantitative estimate of drug-likeness (QED) is 0.631. The Bertz CT molecular complexity index is 746. The number of benzene rings is 2. The van der Waals surface area contributed by atoms with E-state index in [4.69, 9.17) is 9.47 Å². The summed E-state index contributed by atoms with van der Waals surface area (Å²) in [5.41, 5.74) is 0.339. The maximum absolute atomic E-state index is 13.1. The first-order chi connectivity index (χ1) is 13.0. The van der Waals surface area contributed by atoms with Gasteiger partial charge in [-0.2, -0.15) is 0 Å². The summed E-state index contributed by atoms with van der Waals surface area (Å²) in [6.07, 6.45) is 0.0615. The number of hydrogen-bond donors (Lipinski definition) is 0. The highest BCUT2D eigenvalue weighted by molar-refractivity contribution is 5.94. The highest BCUT2D eigenvalue weighted by Crippen LogP contribution is 2.17. The summed E-state index contributed by atoms with van der Waals surface area (Å²) in [5, 5.41) is 0. The molecular formula is C20H22FNO5. The number of hydrogen-bond acceptors (Lipinski definition) is 5. The van der Waals surface area contributed by atoms with Crippen molar-refractivity contribution in [2.75, 3.05) is 33.9 Å². The molecule has 0 saturated heterocycles. The lowest BCUT2D eigenvalue weighted by Gasteiger charge is -2.22. The Morgan fingerprint density at radius 1 is 0.926 bits per heavy atom. The predicted octanol–water partition coefficient (Wildman–Crippen LogP) is 2.92.